The Bertz CT molecular complexity index is 578. The number of aromatic carboxylic acids is 1. The van der Waals surface area contributed by atoms with Gasteiger partial charge in [0.2, 0.25) is 0 Å². The Morgan fingerprint density at radius 1 is 1.52 bits per heavy atom. The lowest BCUT2D eigenvalue weighted by Gasteiger charge is -2.25. The van der Waals surface area contributed by atoms with Crippen LogP contribution in [-0.4, -0.2) is 29.1 Å². The average Bonchev–Trinajstić information content (AvgIpc) is 2.42. The van der Waals surface area contributed by atoms with Crippen LogP contribution < -0.4 is 4.90 Å². The minimum atomic E-state index is -1.14. The van der Waals surface area contributed by atoms with Crippen LogP contribution in [0.1, 0.15) is 30.6 Å². The number of carboxylic acids is 1. The average molecular weight is 291 g/mol. The molecule has 0 atom stereocenters. The molecule has 0 bridgehead atoms. The molecule has 0 aliphatic rings. The molecule has 0 spiro atoms. The van der Waals surface area contributed by atoms with Gasteiger partial charge in [0.15, 0.2) is 0 Å². The van der Waals surface area contributed by atoms with Crippen molar-refractivity contribution in [2.24, 2.45) is 5.92 Å². The third-order valence-corrected chi connectivity index (χ3v) is 2.84. The molecule has 0 aliphatic heterocycles. The molecule has 1 rings (SSSR count). The zero-order valence-corrected chi connectivity index (χ0v) is 11.9. The lowest BCUT2D eigenvalue weighted by molar-refractivity contribution is -0.384. The minimum Gasteiger partial charge on any atom is -0.478 e. The van der Waals surface area contributed by atoms with Gasteiger partial charge in [-0.15, -0.1) is 0 Å². The van der Waals surface area contributed by atoms with E-state index in [2.05, 4.69) is 0 Å². The van der Waals surface area contributed by atoms with Crippen LogP contribution in [0.3, 0.4) is 0 Å². The molecule has 0 amide bonds. The van der Waals surface area contributed by atoms with Gasteiger partial charge in [-0.25, -0.2) is 4.79 Å². The van der Waals surface area contributed by atoms with Crippen molar-refractivity contribution in [2.75, 3.05) is 18.0 Å². The van der Waals surface area contributed by atoms with Crippen LogP contribution in [0.5, 0.6) is 0 Å². The molecule has 1 aromatic carbocycles. The lowest BCUT2D eigenvalue weighted by atomic mass is 10.1. The smallest absolute Gasteiger partial charge is 0.335 e. The molecular weight excluding hydrogens is 274 g/mol. The standard InChI is InChI=1S/C14H17N3O4/c1-10(2)9-16(7-3-6-15)13-8-11(14(18)19)4-5-12(13)17(20)21/h4-5,8,10H,3,7,9H2,1-2H3,(H,18,19). The maximum Gasteiger partial charge on any atom is 0.335 e. The van der Waals surface area contributed by atoms with Crippen LogP contribution in [0, 0.1) is 27.4 Å². The van der Waals surface area contributed by atoms with Crippen molar-refractivity contribution < 1.29 is 14.8 Å². The summed E-state index contributed by atoms with van der Waals surface area (Å²) >= 11 is 0. The maximum atomic E-state index is 11.1. The van der Waals surface area contributed by atoms with Crippen molar-refractivity contribution in [3.8, 4) is 6.07 Å². The Morgan fingerprint density at radius 3 is 2.67 bits per heavy atom. The third kappa shape index (κ3) is 4.45. The fourth-order valence-electron chi connectivity index (χ4n) is 2.00. The first-order chi connectivity index (χ1) is 9.86. The topological polar surface area (TPSA) is 107 Å². The number of carbonyl (C=O) groups is 1. The maximum absolute atomic E-state index is 11.1. The Kier molecular flexibility index (Phi) is 5.67. The van der Waals surface area contributed by atoms with Crippen LogP contribution in [0.2, 0.25) is 0 Å². The second-order valence-electron chi connectivity index (χ2n) is 5.01. The number of anilines is 1. The number of rotatable bonds is 7. The molecule has 7 heteroatoms. The van der Waals surface area contributed by atoms with E-state index >= 15 is 0 Å². The number of hydrogen-bond donors (Lipinski definition) is 1. The molecule has 0 aromatic heterocycles. The van der Waals surface area contributed by atoms with Gasteiger partial charge < -0.3 is 10.0 Å². The van der Waals surface area contributed by atoms with Crippen molar-refractivity contribution >= 4 is 17.3 Å². The summed E-state index contributed by atoms with van der Waals surface area (Å²) in [7, 11) is 0. The van der Waals surface area contributed by atoms with E-state index in [0.29, 0.717) is 13.1 Å². The Hall–Kier alpha value is -2.62. The fourth-order valence-corrected chi connectivity index (χ4v) is 2.00. The highest BCUT2D eigenvalue weighted by Crippen LogP contribution is 2.30. The van der Waals surface area contributed by atoms with Gasteiger partial charge in [0.05, 0.1) is 23.0 Å². The van der Waals surface area contributed by atoms with Crippen molar-refractivity contribution in [1.29, 1.82) is 5.26 Å². The predicted octanol–water partition coefficient (Wildman–Crippen LogP) is 2.67. The summed E-state index contributed by atoms with van der Waals surface area (Å²) in [5, 5.41) is 28.9. The zero-order chi connectivity index (χ0) is 16.0. The highest BCUT2D eigenvalue weighted by Gasteiger charge is 2.22. The predicted molar refractivity (Wildman–Crippen MR) is 77.3 cm³/mol. The van der Waals surface area contributed by atoms with Crippen molar-refractivity contribution in [3.63, 3.8) is 0 Å². The fraction of sp³-hybridized carbons (Fsp3) is 0.429. The van der Waals surface area contributed by atoms with Crippen LogP contribution >= 0.6 is 0 Å². The second kappa shape index (κ2) is 7.24. The van der Waals surface area contributed by atoms with Crippen molar-refractivity contribution in [1.82, 2.24) is 0 Å². The highest BCUT2D eigenvalue weighted by molar-refractivity contribution is 5.90. The summed E-state index contributed by atoms with van der Waals surface area (Å²) in [6.07, 6.45) is 0.209. The van der Waals surface area contributed by atoms with Gasteiger partial charge in [-0.1, -0.05) is 13.8 Å². The second-order valence-corrected chi connectivity index (χ2v) is 5.01. The molecule has 0 radical (unpaired) electrons. The van der Waals surface area contributed by atoms with E-state index in [-0.39, 0.29) is 29.3 Å². The molecule has 0 saturated carbocycles. The number of nitro benzene ring substituents is 1. The molecule has 0 heterocycles. The quantitative estimate of drug-likeness (QED) is 0.611. The Morgan fingerprint density at radius 2 is 2.19 bits per heavy atom. The summed E-state index contributed by atoms with van der Waals surface area (Å²) in [6, 6.07) is 5.69. The van der Waals surface area contributed by atoms with Gasteiger partial charge >= 0.3 is 5.97 Å². The number of nitrogens with zero attached hydrogens (tertiary/aromatic N) is 3. The van der Waals surface area contributed by atoms with E-state index < -0.39 is 10.9 Å². The van der Waals surface area contributed by atoms with E-state index in [1.54, 1.807) is 4.90 Å². The molecule has 1 aromatic rings. The molecule has 7 nitrogen and oxygen atoms in total. The summed E-state index contributed by atoms with van der Waals surface area (Å²) in [5.41, 5.74) is 0.0729. The number of benzene rings is 1. The molecule has 0 saturated heterocycles. The number of hydrogen-bond acceptors (Lipinski definition) is 5. The van der Waals surface area contributed by atoms with E-state index in [0.717, 1.165) is 0 Å². The van der Waals surface area contributed by atoms with Gasteiger partial charge in [-0.05, 0) is 18.1 Å². The largest absolute Gasteiger partial charge is 0.478 e. The molecule has 112 valence electrons. The summed E-state index contributed by atoms with van der Waals surface area (Å²) < 4.78 is 0. The summed E-state index contributed by atoms with van der Waals surface area (Å²) in [5.74, 6) is -0.923. The van der Waals surface area contributed by atoms with Crippen LogP contribution in [-0.2, 0) is 0 Å². The molecule has 0 fully saturated rings. The summed E-state index contributed by atoms with van der Waals surface area (Å²) in [4.78, 5) is 23.3. The van der Waals surface area contributed by atoms with E-state index in [1.807, 2.05) is 19.9 Å². The van der Waals surface area contributed by atoms with Crippen molar-refractivity contribution in [3.05, 3.63) is 33.9 Å². The molecular formula is C14H17N3O4. The van der Waals surface area contributed by atoms with Crippen LogP contribution in [0.4, 0.5) is 11.4 Å². The zero-order valence-electron chi connectivity index (χ0n) is 11.9. The van der Waals surface area contributed by atoms with Gasteiger partial charge in [-0.3, -0.25) is 10.1 Å². The lowest BCUT2D eigenvalue weighted by Crippen LogP contribution is -2.29. The van der Waals surface area contributed by atoms with Gasteiger partial charge in [-0.2, -0.15) is 5.26 Å². The molecule has 21 heavy (non-hydrogen) atoms. The molecule has 0 aliphatic carbocycles. The van der Waals surface area contributed by atoms with Crippen molar-refractivity contribution in [2.45, 2.75) is 20.3 Å². The van der Waals surface area contributed by atoms with E-state index in [1.165, 1.54) is 18.2 Å². The van der Waals surface area contributed by atoms with Crippen LogP contribution in [0.25, 0.3) is 0 Å². The monoisotopic (exact) mass is 291 g/mol. The van der Waals surface area contributed by atoms with Crippen LogP contribution in [0.15, 0.2) is 18.2 Å². The summed E-state index contributed by atoms with van der Waals surface area (Å²) in [6.45, 7) is 4.72. The number of nitro groups is 1. The first kappa shape index (κ1) is 16.4. The number of carboxylic acid groups (broad SMARTS) is 1. The van der Waals surface area contributed by atoms with Gasteiger partial charge in [0, 0.05) is 19.2 Å². The Labute approximate surface area is 122 Å². The number of nitriles is 1. The van der Waals surface area contributed by atoms with E-state index in [4.69, 9.17) is 10.4 Å². The molecule has 0 unspecified atom stereocenters. The SMILES string of the molecule is CC(C)CN(CCC#N)c1cc(C(=O)O)ccc1[N+](=O)[O-]. The van der Waals surface area contributed by atoms with Gasteiger partial charge in [0.25, 0.3) is 5.69 Å². The Balaban J connectivity index is 3.30. The van der Waals surface area contributed by atoms with Gasteiger partial charge in [0.1, 0.15) is 5.69 Å². The minimum absolute atomic E-state index is 0.0127. The normalized spacial score (nSPS) is 10.2. The first-order valence-electron chi connectivity index (χ1n) is 6.50. The third-order valence-electron chi connectivity index (χ3n) is 2.84. The molecule has 1 N–H and O–H groups in total. The van der Waals surface area contributed by atoms with E-state index in [9.17, 15) is 14.9 Å². The highest BCUT2D eigenvalue weighted by atomic mass is 16.6. The first-order valence-corrected chi connectivity index (χ1v) is 6.50.